The summed E-state index contributed by atoms with van der Waals surface area (Å²) in [5, 5.41) is 8.76. The molecule has 0 unspecified atom stereocenters. The molecule has 50 valence electrons. The first-order valence-corrected chi connectivity index (χ1v) is 2.56. The van der Waals surface area contributed by atoms with Gasteiger partial charge in [-0.25, -0.2) is 0 Å². The second kappa shape index (κ2) is 2.67. The highest BCUT2D eigenvalue weighted by Crippen LogP contribution is 2.24. The fourth-order valence-corrected chi connectivity index (χ4v) is 0.724. The van der Waals surface area contributed by atoms with Crippen molar-refractivity contribution in [3.63, 3.8) is 0 Å². The lowest BCUT2D eigenvalue weighted by atomic mass is 10.6. The van der Waals surface area contributed by atoms with E-state index in [1.54, 1.807) is 0 Å². The molecule has 0 aromatic heterocycles. The van der Waals surface area contributed by atoms with E-state index in [1.807, 2.05) is 19.0 Å². The predicted octanol–water partition coefficient (Wildman–Crippen LogP) is 0.103. The number of rotatable bonds is 1. The largest absolute Gasteiger partial charge is 0.391 e. The quantitative estimate of drug-likeness (QED) is 0.555. The van der Waals surface area contributed by atoms with Crippen molar-refractivity contribution in [1.29, 1.82) is 0 Å². The number of hydrogen-bond donors (Lipinski definition) is 1. The van der Waals surface area contributed by atoms with Crippen LogP contribution in [0.25, 0.3) is 0 Å². The van der Waals surface area contributed by atoms with Crippen LogP contribution in [-0.4, -0.2) is 36.2 Å². The first-order valence-electron chi connectivity index (χ1n) is 2.56. The molecule has 1 rings (SSSR count). The minimum atomic E-state index is -0.0324. The zero-order chi connectivity index (χ0) is 5.44. The second-order valence-corrected chi connectivity index (χ2v) is 2.33. The number of likely N-dealkylation sites (N-methyl/N-ethyl adjacent to an activating group) is 1. The van der Waals surface area contributed by atoms with E-state index in [0.717, 1.165) is 6.42 Å². The van der Waals surface area contributed by atoms with Crippen LogP contribution in [0.1, 0.15) is 6.42 Å². The molecule has 1 aliphatic carbocycles. The maximum absolute atomic E-state index is 8.76. The van der Waals surface area contributed by atoms with E-state index in [-0.39, 0.29) is 18.5 Å². The molecule has 0 heterocycles. The molecule has 8 heavy (non-hydrogen) atoms. The van der Waals surface area contributed by atoms with Gasteiger partial charge < -0.3 is 10.0 Å². The third-order valence-corrected chi connectivity index (χ3v) is 1.39. The molecule has 1 saturated carbocycles. The monoisotopic (exact) mass is 137 g/mol. The average molecular weight is 138 g/mol. The summed E-state index contributed by atoms with van der Waals surface area (Å²) in [6.07, 6.45) is 0.933. The van der Waals surface area contributed by atoms with Crippen LogP contribution in [0.15, 0.2) is 0 Å². The molecule has 0 amide bonds. The summed E-state index contributed by atoms with van der Waals surface area (Å²) in [5.74, 6) is 0. The summed E-state index contributed by atoms with van der Waals surface area (Å²) in [6, 6.07) is 0.458. The van der Waals surface area contributed by atoms with Crippen LogP contribution in [0.2, 0.25) is 0 Å². The minimum absolute atomic E-state index is 0. The van der Waals surface area contributed by atoms with Gasteiger partial charge >= 0.3 is 0 Å². The van der Waals surface area contributed by atoms with Crippen LogP contribution < -0.4 is 0 Å². The van der Waals surface area contributed by atoms with E-state index in [0.29, 0.717) is 6.04 Å². The highest BCUT2D eigenvalue weighted by Gasteiger charge is 2.36. The fourth-order valence-electron chi connectivity index (χ4n) is 0.724. The van der Waals surface area contributed by atoms with Gasteiger partial charge in [-0.2, -0.15) is 0 Å². The Morgan fingerprint density at radius 2 is 1.88 bits per heavy atom. The molecular formula is C5H12ClNO. The fraction of sp³-hybridized carbons (Fsp3) is 1.00. The van der Waals surface area contributed by atoms with Crippen LogP contribution in [0.5, 0.6) is 0 Å². The average Bonchev–Trinajstić information content (AvgIpc) is 2.17. The van der Waals surface area contributed by atoms with Gasteiger partial charge in [-0.05, 0) is 20.5 Å². The zero-order valence-corrected chi connectivity index (χ0v) is 5.98. The third kappa shape index (κ3) is 1.62. The Morgan fingerprint density at radius 3 is 1.88 bits per heavy atom. The van der Waals surface area contributed by atoms with Gasteiger partial charge in [-0.15, -0.1) is 12.4 Å². The number of halogens is 1. The van der Waals surface area contributed by atoms with Gasteiger partial charge in [0.05, 0.1) is 6.10 Å². The lowest BCUT2D eigenvalue weighted by Crippen LogP contribution is -2.17. The summed E-state index contributed by atoms with van der Waals surface area (Å²) in [6.45, 7) is 0. The number of aliphatic hydroxyl groups is 1. The Hall–Kier alpha value is 0.210. The Morgan fingerprint density at radius 1 is 1.50 bits per heavy atom. The molecule has 3 heteroatoms. The van der Waals surface area contributed by atoms with E-state index in [9.17, 15) is 0 Å². The topological polar surface area (TPSA) is 23.5 Å². The Kier molecular flexibility index (Phi) is 2.74. The first kappa shape index (κ1) is 8.21. The van der Waals surface area contributed by atoms with Gasteiger partial charge in [0.25, 0.3) is 0 Å². The molecule has 0 spiro atoms. The van der Waals surface area contributed by atoms with Crippen molar-refractivity contribution in [2.45, 2.75) is 18.6 Å². The summed E-state index contributed by atoms with van der Waals surface area (Å²) in [4.78, 5) is 2.05. The highest BCUT2D eigenvalue weighted by atomic mass is 35.5. The van der Waals surface area contributed by atoms with Gasteiger partial charge in [0.15, 0.2) is 0 Å². The number of aliphatic hydroxyl groups excluding tert-OH is 1. The van der Waals surface area contributed by atoms with Gasteiger partial charge in [0, 0.05) is 6.04 Å². The molecule has 1 fully saturated rings. The summed E-state index contributed by atoms with van der Waals surface area (Å²) in [5.41, 5.74) is 0. The molecule has 0 bridgehead atoms. The van der Waals surface area contributed by atoms with Crippen LogP contribution in [0.4, 0.5) is 0 Å². The molecule has 1 N–H and O–H groups in total. The van der Waals surface area contributed by atoms with Crippen LogP contribution in [-0.2, 0) is 0 Å². The summed E-state index contributed by atoms with van der Waals surface area (Å²) < 4.78 is 0. The zero-order valence-electron chi connectivity index (χ0n) is 5.16. The van der Waals surface area contributed by atoms with Crippen LogP contribution in [0.3, 0.4) is 0 Å². The van der Waals surface area contributed by atoms with Crippen molar-refractivity contribution in [3.05, 3.63) is 0 Å². The smallest absolute Gasteiger partial charge is 0.0712 e. The maximum atomic E-state index is 8.76. The molecule has 0 aliphatic heterocycles. The lowest BCUT2D eigenvalue weighted by Gasteiger charge is -2.04. The molecule has 0 radical (unpaired) electrons. The third-order valence-electron chi connectivity index (χ3n) is 1.39. The highest BCUT2D eigenvalue weighted by molar-refractivity contribution is 5.85. The minimum Gasteiger partial charge on any atom is -0.391 e. The van der Waals surface area contributed by atoms with Crippen molar-refractivity contribution in [1.82, 2.24) is 4.90 Å². The number of hydrogen-bond acceptors (Lipinski definition) is 2. The molecule has 0 aromatic rings. The van der Waals surface area contributed by atoms with E-state index in [1.165, 1.54) is 0 Å². The van der Waals surface area contributed by atoms with Crippen molar-refractivity contribution < 1.29 is 5.11 Å². The van der Waals surface area contributed by atoms with Gasteiger partial charge in [0.1, 0.15) is 0 Å². The SMILES string of the molecule is CN(C)[C@@H]1C[C@H]1O.Cl. The standard InChI is InChI=1S/C5H11NO.ClH/c1-6(2)4-3-5(4)7;/h4-5,7H,3H2,1-2H3;1H/t4-,5-;/m1./s1. The van der Waals surface area contributed by atoms with Crippen molar-refractivity contribution in [2.75, 3.05) is 14.1 Å². The molecule has 2 atom stereocenters. The van der Waals surface area contributed by atoms with Crippen molar-refractivity contribution >= 4 is 12.4 Å². The van der Waals surface area contributed by atoms with E-state index in [4.69, 9.17) is 5.11 Å². The van der Waals surface area contributed by atoms with Crippen LogP contribution in [0, 0.1) is 0 Å². The van der Waals surface area contributed by atoms with E-state index >= 15 is 0 Å². The van der Waals surface area contributed by atoms with Crippen molar-refractivity contribution in [3.8, 4) is 0 Å². The van der Waals surface area contributed by atoms with Gasteiger partial charge in [-0.3, -0.25) is 0 Å². The second-order valence-electron chi connectivity index (χ2n) is 2.33. The normalized spacial score (nSPS) is 34.5. The maximum Gasteiger partial charge on any atom is 0.0712 e. The Labute approximate surface area is 55.9 Å². The first-order chi connectivity index (χ1) is 3.22. The van der Waals surface area contributed by atoms with Crippen LogP contribution >= 0.6 is 12.4 Å². The summed E-state index contributed by atoms with van der Waals surface area (Å²) in [7, 11) is 3.97. The molecule has 1 aliphatic rings. The molecule has 0 saturated heterocycles. The molecule has 0 aromatic carbocycles. The molecule has 2 nitrogen and oxygen atoms in total. The van der Waals surface area contributed by atoms with Crippen molar-refractivity contribution in [2.24, 2.45) is 0 Å². The summed E-state index contributed by atoms with van der Waals surface area (Å²) >= 11 is 0. The Bertz CT molecular complexity index is 76.8. The van der Waals surface area contributed by atoms with E-state index < -0.39 is 0 Å². The van der Waals surface area contributed by atoms with Gasteiger partial charge in [0.2, 0.25) is 0 Å². The predicted molar refractivity (Wildman–Crippen MR) is 35.3 cm³/mol. The lowest BCUT2D eigenvalue weighted by molar-refractivity contribution is 0.231. The molecular weight excluding hydrogens is 126 g/mol. The van der Waals surface area contributed by atoms with E-state index in [2.05, 4.69) is 0 Å². The van der Waals surface area contributed by atoms with Gasteiger partial charge in [-0.1, -0.05) is 0 Å². The Balaban J connectivity index is 0.000000490. The number of nitrogens with zero attached hydrogens (tertiary/aromatic N) is 1.